The Morgan fingerprint density at radius 2 is 1.92 bits per heavy atom. The SMILES string of the molecule is Cc1nn(C)c(C)c1Nc1nc2sc3c(c2c(=O)n1C(C)C)CCCC3. The first-order valence-corrected chi connectivity index (χ1v) is 10.0. The van der Waals surface area contributed by atoms with Crippen LogP contribution in [0.2, 0.25) is 0 Å². The van der Waals surface area contributed by atoms with Gasteiger partial charge in [0, 0.05) is 18.0 Å². The number of nitrogens with zero attached hydrogens (tertiary/aromatic N) is 4. The van der Waals surface area contributed by atoms with Crippen LogP contribution in [0.4, 0.5) is 11.6 Å². The van der Waals surface area contributed by atoms with Crippen molar-refractivity contribution in [2.24, 2.45) is 7.05 Å². The molecule has 0 atom stereocenters. The van der Waals surface area contributed by atoms with E-state index in [1.165, 1.54) is 16.9 Å². The van der Waals surface area contributed by atoms with Crippen LogP contribution in [0, 0.1) is 13.8 Å². The van der Waals surface area contributed by atoms with E-state index in [0.717, 1.165) is 46.6 Å². The second-order valence-electron chi connectivity index (χ2n) is 7.39. The van der Waals surface area contributed by atoms with Gasteiger partial charge in [-0.3, -0.25) is 14.0 Å². The highest BCUT2D eigenvalue weighted by atomic mass is 32.1. The highest BCUT2D eigenvalue weighted by Gasteiger charge is 2.23. The van der Waals surface area contributed by atoms with Gasteiger partial charge < -0.3 is 5.32 Å². The van der Waals surface area contributed by atoms with E-state index in [2.05, 4.69) is 10.4 Å². The van der Waals surface area contributed by atoms with Crippen molar-refractivity contribution < 1.29 is 0 Å². The molecule has 1 aliphatic rings. The van der Waals surface area contributed by atoms with Gasteiger partial charge in [0.2, 0.25) is 5.95 Å². The molecule has 0 spiro atoms. The Hall–Kier alpha value is -2.15. The molecule has 7 heteroatoms. The lowest BCUT2D eigenvalue weighted by atomic mass is 9.97. The van der Waals surface area contributed by atoms with Gasteiger partial charge in [-0.15, -0.1) is 11.3 Å². The molecule has 138 valence electrons. The van der Waals surface area contributed by atoms with Gasteiger partial charge in [-0.05, 0) is 58.9 Å². The van der Waals surface area contributed by atoms with Crippen molar-refractivity contribution in [3.05, 3.63) is 32.2 Å². The van der Waals surface area contributed by atoms with E-state index in [-0.39, 0.29) is 11.6 Å². The van der Waals surface area contributed by atoms with Crippen molar-refractivity contribution >= 4 is 33.2 Å². The summed E-state index contributed by atoms with van der Waals surface area (Å²) in [5.41, 5.74) is 4.17. The molecule has 0 fully saturated rings. The van der Waals surface area contributed by atoms with Crippen LogP contribution in [0.25, 0.3) is 10.2 Å². The third-order valence-corrected chi connectivity index (χ3v) is 6.47. The minimum absolute atomic E-state index is 0.0262. The monoisotopic (exact) mass is 371 g/mol. The fourth-order valence-electron chi connectivity index (χ4n) is 3.85. The lowest BCUT2D eigenvalue weighted by Crippen LogP contribution is -2.26. The van der Waals surface area contributed by atoms with Gasteiger partial charge in [0.05, 0.1) is 22.5 Å². The predicted octanol–water partition coefficient (Wildman–Crippen LogP) is 4.01. The maximum absolute atomic E-state index is 13.4. The van der Waals surface area contributed by atoms with Gasteiger partial charge in [-0.25, -0.2) is 4.98 Å². The number of anilines is 2. The van der Waals surface area contributed by atoms with Gasteiger partial charge in [0.15, 0.2) is 0 Å². The molecule has 0 aromatic carbocycles. The minimum Gasteiger partial charge on any atom is -0.322 e. The molecule has 0 saturated heterocycles. The zero-order chi connectivity index (χ0) is 18.6. The number of rotatable bonds is 3. The number of fused-ring (bicyclic) bond motifs is 3. The fraction of sp³-hybridized carbons (Fsp3) is 0.526. The van der Waals surface area contributed by atoms with Crippen molar-refractivity contribution in [1.82, 2.24) is 19.3 Å². The molecule has 3 heterocycles. The smallest absolute Gasteiger partial charge is 0.264 e. The lowest BCUT2D eigenvalue weighted by molar-refractivity contribution is 0.582. The summed E-state index contributed by atoms with van der Waals surface area (Å²) in [6.45, 7) is 8.04. The van der Waals surface area contributed by atoms with Crippen LogP contribution in [-0.4, -0.2) is 19.3 Å². The van der Waals surface area contributed by atoms with E-state index < -0.39 is 0 Å². The van der Waals surface area contributed by atoms with Gasteiger partial charge in [-0.2, -0.15) is 5.10 Å². The molecule has 4 rings (SSSR count). The summed E-state index contributed by atoms with van der Waals surface area (Å²) in [7, 11) is 1.92. The summed E-state index contributed by atoms with van der Waals surface area (Å²) in [5, 5.41) is 8.70. The van der Waals surface area contributed by atoms with Gasteiger partial charge in [0.1, 0.15) is 4.83 Å². The van der Waals surface area contributed by atoms with Crippen LogP contribution in [-0.2, 0) is 19.9 Å². The predicted molar refractivity (Wildman–Crippen MR) is 107 cm³/mol. The highest BCUT2D eigenvalue weighted by molar-refractivity contribution is 7.18. The number of hydrogen-bond acceptors (Lipinski definition) is 5. The fourth-order valence-corrected chi connectivity index (χ4v) is 5.10. The Kier molecular flexibility index (Phi) is 4.14. The third kappa shape index (κ3) is 2.57. The molecule has 1 aliphatic carbocycles. The second-order valence-corrected chi connectivity index (χ2v) is 8.47. The molecule has 0 saturated carbocycles. The molecule has 0 aliphatic heterocycles. The summed E-state index contributed by atoms with van der Waals surface area (Å²) in [5.74, 6) is 0.607. The zero-order valence-corrected chi connectivity index (χ0v) is 16.8. The first-order valence-electron chi connectivity index (χ1n) is 9.22. The van der Waals surface area contributed by atoms with E-state index in [1.807, 2.05) is 39.4 Å². The molecule has 1 N–H and O–H groups in total. The number of aryl methyl sites for hydroxylation is 4. The van der Waals surface area contributed by atoms with Crippen molar-refractivity contribution in [3.63, 3.8) is 0 Å². The number of hydrogen-bond donors (Lipinski definition) is 1. The molecule has 3 aromatic rings. The van der Waals surface area contributed by atoms with Crippen LogP contribution in [0.15, 0.2) is 4.79 Å². The van der Waals surface area contributed by atoms with E-state index in [0.29, 0.717) is 5.95 Å². The van der Waals surface area contributed by atoms with E-state index in [1.54, 1.807) is 15.9 Å². The normalized spacial score (nSPS) is 14.2. The summed E-state index contributed by atoms with van der Waals surface area (Å²) in [6.07, 6.45) is 4.43. The van der Waals surface area contributed by atoms with Crippen molar-refractivity contribution in [2.75, 3.05) is 5.32 Å². The molecule has 0 unspecified atom stereocenters. The average Bonchev–Trinajstić information content (AvgIpc) is 3.07. The largest absolute Gasteiger partial charge is 0.322 e. The molecule has 3 aromatic heterocycles. The zero-order valence-electron chi connectivity index (χ0n) is 16.0. The topological polar surface area (TPSA) is 64.7 Å². The summed E-state index contributed by atoms with van der Waals surface area (Å²) >= 11 is 1.69. The van der Waals surface area contributed by atoms with Crippen LogP contribution in [0.3, 0.4) is 0 Å². The standard InChI is InChI=1S/C19H25N5OS/c1-10(2)24-18(25)15-13-8-6-7-9-14(13)26-17(15)21-19(24)20-16-11(3)22-23(5)12(16)4/h10H,6-9H2,1-5H3,(H,20,21). The Bertz CT molecular complexity index is 1060. The molecular formula is C19H25N5OS. The second kappa shape index (κ2) is 6.23. The first-order chi connectivity index (χ1) is 12.4. The Labute approximate surface area is 156 Å². The quantitative estimate of drug-likeness (QED) is 0.755. The van der Waals surface area contributed by atoms with Crippen LogP contribution in [0.1, 0.15) is 54.6 Å². The van der Waals surface area contributed by atoms with Crippen LogP contribution in [0.5, 0.6) is 0 Å². The first kappa shape index (κ1) is 17.3. The Morgan fingerprint density at radius 1 is 1.19 bits per heavy atom. The van der Waals surface area contributed by atoms with Crippen molar-refractivity contribution in [3.8, 4) is 0 Å². The number of aromatic nitrogens is 4. The van der Waals surface area contributed by atoms with Crippen LogP contribution >= 0.6 is 11.3 Å². The van der Waals surface area contributed by atoms with Gasteiger partial charge in [0.25, 0.3) is 5.56 Å². The molecule has 6 nitrogen and oxygen atoms in total. The average molecular weight is 372 g/mol. The van der Waals surface area contributed by atoms with Gasteiger partial charge in [-0.1, -0.05) is 0 Å². The number of thiophene rings is 1. The maximum Gasteiger partial charge on any atom is 0.264 e. The summed E-state index contributed by atoms with van der Waals surface area (Å²) in [6, 6.07) is 0.0262. The Balaban J connectivity index is 1.94. The molecule has 26 heavy (non-hydrogen) atoms. The summed E-state index contributed by atoms with van der Waals surface area (Å²) < 4.78 is 3.63. The molecular weight excluding hydrogens is 346 g/mol. The highest BCUT2D eigenvalue weighted by Crippen LogP contribution is 2.35. The van der Waals surface area contributed by atoms with Crippen LogP contribution < -0.4 is 10.9 Å². The number of nitrogens with one attached hydrogen (secondary N) is 1. The van der Waals surface area contributed by atoms with E-state index in [4.69, 9.17) is 4.98 Å². The van der Waals surface area contributed by atoms with Crippen molar-refractivity contribution in [1.29, 1.82) is 0 Å². The maximum atomic E-state index is 13.4. The third-order valence-electron chi connectivity index (χ3n) is 5.28. The molecule has 0 radical (unpaired) electrons. The van der Waals surface area contributed by atoms with Crippen molar-refractivity contribution in [2.45, 2.75) is 59.4 Å². The van der Waals surface area contributed by atoms with Gasteiger partial charge >= 0.3 is 0 Å². The summed E-state index contributed by atoms with van der Waals surface area (Å²) in [4.78, 5) is 20.4. The molecule has 0 amide bonds. The van der Waals surface area contributed by atoms with E-state index >= 15 is 0 Å². The molecule has 0 bridgehead atoms. The lowest BCUT2D eigenvalue weighted by Gasteiger charge is -2.17. The minimum atomic E-state index is 0.0262. The Morgan fingerprint density at radius 3 is 2.58 bits per heavy atom. The van der Waals surface area contributed by atoms with E-state index in [9.17, 15) is 4.79 Å².